The van der Waals surface area contributed by atoms with Crippen molar-refractivity contribution >= 4 is 5.69 Å². The lowest BCUT2D eigenvalue weighted by molar-refractivity contribution is 0.256. The van der Waals surface area contributed by atoms with E-state index in [-0.39, 0.29) is 0 Å². The summed E-state index contributed by atoms with van der Waals surface area (Å²) in [5, 5.41) is 6.85. The summed E-state index contributed by atoms with van der Waals surface area (Å²) in [6, 6.07) is 4.29. The van der Waals surface area contributed by atoms with Gasteiger partial charge in [0.2, 0.25) is 0 Å². The van der Waals surface area contributed by atoms with E-state index in [1.165, 1.54) is 11.1 Å². The van der Waals surface area contributed by atoms with Gasteiger partial charge in [-0.15, -0.1) is 0 Å². The maximum Gasteiger partial charge on any atom is 0.144 e. The molecule has 1 aliphatic heterocycles. The van der Waals surface area contributed by atoms with Crippen LogP contribution in [0.15, 0.2) is 12.1 Å². The fourth-order valence-electron chi connectivity index (χ4n) is 2.42. The average molecular weight is 249 g/mol. The molecule has 4 heteroatoms. The normalized spacial score (nSPS) is 16.6. The molecule has 0 spiro atoms. The van der Waals surface area contributed by atoms with Crippen LogP contribution in [-0.4, -0.2) is 44.9 Å². The second-order valence-electron chi connectivity index (χ2n) is 4.87. The predicted octanol–water partition coefficient (Wildman–Crippen LogP) is 1.59. The Morgan fingerprint density at radius 2 is 2.00 bits per heavy atom. The number of ether oxygens (including phenoxy) is 1. The van der Waals surface area contributed by atoms with E-state index in [0.717, 1.165) is 44.3 Å². The van der Waals surface area contributed by atoms with Crippen molar-refractivity contribution in [1.29, 1.82) is 0 Å². The Bertz CT molecular complexity index is 400. The highest BCUT2D eigenvalue weighted by atomic mass is 16.5. The highest BCUT2D eigenvalue weighted by Gasteiger charge is 2.11. The van der Waals surface area contributed by atoms with Crippen LogP contribution in [0.3, 0.4) is 0 Å². The van der Waals surface area contributed by atoms with Gasteiger partial charge in [0.1, 0.15) is 5.75 Å². The van der Waals surface area contributed by atoms with Crippen molar-refractivity contribution in [3.63, 3.8) is 0 Å². The van der Waals surface area contributed by atoms with Gasteiger partial charge in [0, 0.05) is 26.2 Å². The molecule has 0 unspecified atom stereocenters. The number of nitrogens with zero attached hydrogens (tertiary/aromatic N) is 1. The number of piperazine rings is 1. The van der Waals surface area contributed by atoms with Crippen LogP contribution in [0.2, 0.25) is 0 Å². The fourth-order valence-corrected chi connectivity index (χ4v) is 2.42. The Morgan fingerprint density at radius 3 is 2.67 bits per heavy atom. The molecule has 100 valence electrons. The van der Waals surface area contributed by atoms with Crippen LogP contribution in [0.5, 0.6) is 5.75 Å². The third-order valence-electron chi connectivity index (χ3n) is 3.33. The first-order valence-corrected chi connectivity index (χ1v) is 6.53. The average Bonchev–Trinajstić information content (AvgIpc) is 2.37. The maximum absolute atomic E-state index is 5.48. The third-order valence-corrected chi connectivity index (χ3v) is 3.33. The minimum absolute atomic E-state index is 0.876. The molecular formula is C14H23N3O. The minimum atomic E-state index is 0.876. The van der Waals surface area contributed by atoms with E-state index in [4.69, 9.17) is 4.74 Å². The zero-order chi connectivity index (χ0) is 13.0. The summed E-state index contributed by atoms with van der Waals surface area (Å²) < 4.78 is 5.48. The van der Waals surface area contributed by atoms with Crippen LogP contribution >= 0.6 is 0 Å². The second kappa shape index (κ2) is 6.07. The molecule has 0 saturated carbocycles. The van der Waals surface area contributed by atoms with Gasteiger partial charge in [0.05, 0.1) is 19.5 Å². The Balaban J connectivity index is 2.03. The maximum atomic E-state index is 5.48. The monoisotopic (exact) mass is 249 g/mol. The molecule has 1 aliphatic rings. The minimum Gasteiger partial charge on any atom is -0.494 e. The molecule has 0 amide bonds. The molecule has 0 aromatic heterocycles. The van der Waals surface area contributed by atoms with Crippen molar-refractivity contribution in [2.75, 3.05) is 45.3 Å². The number of hydrogen-bond acceptors (Lipinski definition) is 4. The van der Waals surface area contributed by atoms with Gasteiger partial charge in [0.25, 0.3) is 0 Å². The molecule has 1 aromatic rings. The lowest BCUT2D eigenvalue weighted by Gasteiger charge is -2.28. The van der Waals surface area contributed by atoms with Gasteiger partial charge in [-0.3, -0.25) is 4.90 Å². The van der Waals surface area contributed by atoms with Crippen molar-refractivity contribution < 1.29 is 4.74 Å². The molecule has 1 fully saturated rings. The summed E-state index contributed by atoms with van der Waals surface area (Å²) >= 11 is 0. The highest BCUT2D eigenvalue weighted by Crippen LogP contribution is 2.29. The molecule has 0 bridgehead atoms. The highest BCUT2D eigenvalue weighted by molar-refractivity contribution is 5.61. The number of benzene rings is 1. The van der Waals surface area contributed by atoms with Gasteiger partial charge in [-0.05, 0) is 31.0 Å². The molecule has 0 aliphatic carbocycles. The van der Waals surface area contributed by atoms with Crippen molar-refractivity contribution in [1.82, 2.24) is 10.2 Å². The first kappa shape index (κ1) is 13.2. The van der Waals surface area contributed by atoms with Gasteiger partial charge in [-0.2, -0.15) is 0 Å². The number of hydrogen-bond donors (Lipinski definition) is 2. The van der Waals surface area contributed by atoms with Crippen LogP contribution in [0.4, 0.5) is 5.69 Å². The zero-order valence-electron chi connectivity index (χ0n) is 11.5. The van der Waals surface area contributed by atoms with E-state index in [2.05, 4.69) is 41.5 Å². The number of methoxy groups -OCH3 is 1. The van der Waals surface area contributed by atoms with Crippen LogP contribution in [-0.2, 0) is 0 Å². The van der Waals surface area contributed by atoms with E-state index >= 15 is 0 Å². The van der Waals surface area contributed by atoms with E-state index in [9.17, 15) is 0 Å². The molecule has 0 atom stereocenters. The lowest BCUT2D eigenvalue weighted by Crippen LogP contribution is -2.45. The number of nitrogens with one attached hydrogen (secondary N) is 2. The Hall–Kier alpha value is -1.26. The molecule has 4 nitrogen and oxygen atoms in total. The Morgan fingerprint density at radius 1 is 1.28 bits per heavy atom. The van der Waals surface area contributed by atoms with Gasteiger partial charge < -0.3 is 15.4 Å². The molecule has 1 aromatic carbocycles. The molecule has 1 saturated heterocycles. The van der Waals surface area contributed by atoms with Gasteiger partial charge >= 0.3 is 0 Å². The second-order valence-corrected chi connectivity index (χ2v) is 4.87. The number of aryl methyl sites for hydroxylation is 2. The van der Waals surface area contributed by atoms with Gasteiger partial charge in [0.15, 0.2) is 0 Å². The van der Waals surface area contributed by atoms with Gasteiger partial charge in [-0.25, -0.2) is 0 Å². The van der Waals surface area contributed by atoms with Crippen molar-refractivity contribution in [2.24, 2.45) is 0 Å². The number of anilines is 1. The molecule has 18 heavy (non-hydrogen) atoms. The molecule has 0 radical (unpaired) electrons. The largest absolute Gasteiger partial charge is 0.494 e. The summed E-state index contributed by atoms with van der Waals surface area (Å²) in [5.41, 5.74) is 3.53. The van der Waals surface area contributed by atoms with Crippen LogP contribution in [0.25, 0.3) is 0 Å². The van der Waals surface area contributed by atoms with Gasteiger partial charge in [-0.1, -0.05) is 6.07 Å². The van der Waals surface area contributed by atoms with Crippen molar-refractivity contribution in [3.05, 3.63) is 23.3 Å². The lowest BCUT2D eigenvalue weighted by atomic mass is 10.1. The molecular weight excluding hydrogens is 226 g/mol. The van der Waals surface area contributed by atoms with E-state index in [0.29, 0.717) is 0 Å². The fraction of sp³-hybridized carbons (Fsp3) is 0.571. The predicted molar refractivity (Wildman–Crippen MR) is 75.4 cm³/mol. The zero-order valence-corrected chi connectivity index (χ0v) is 11.5. The Labute approximate surface area is 109 Å². The summed E-state index contributed by atoms with van der Waals surface area (Å²) in [4.78, 5) is 2.41. The topological polar surface area (TPSA) is 36.5 Å². The van der Waals surface area contributed by atoms with E-state index in [1.807, 2.05) is 0 Å². The first-order chi connectivity index (χ1) is 8.70. The van der Waals surface area contributed by atoms with Crippen LogP contribution < -0.4 is 15.4 Å². The molecule has 2 N–H and O–H groups in total. The first-order valence-electron chi connectivity index (χ1n) is 6.53. The Kier molecular flexibility index (Phi) is 4.44. The SMILES string of the molecule is COc1c(C)cc(C)cc1NCN1CCNCC1. The summed E-state index contributed by atoms with van der Waals surface area (Å²) in [7, 11) is 1.73. The summed E-state index contributed by atoms with van der Waals surface area (Å²) in [5.74, 6) is 0.954. The summed E-state index contributed by atoms with van der Waals surface area (Å²) in [6.07, 6.45) is 0. The standard InChI is InChI=1S/C14H23N3O/c1-11-8-12(2)14(18-3)13(9-11)16-10-17-6-4-15-5-7-17/h8-9,15-16H,4-7,10H2,1-3H3. The van der Waals surface area contributed by atoms with Crippen molar-refractivity contribution in [3.8, 4) is 5.75 Å². The molecule has 1 heterocycles. The quantitative estimate of drug-likeness (QED) is 0.849. The third kappa shape index (κ3) is 3.15. The van der Waals surface area contributed by atoms with E-state index in [1.54, 1.807) is 7.11 Å². The number of rotatable bonds is 4. The van der Waals surface area contributed by atoms with Crippen molar-refractivity contribution in [2.45, 2.75) is 13.8 Å². The van der Waals surface area contributed by atoms with Crippen LogP contribution in [0.1, 0.15) is 11.1 Å². The van der Waals surface area contributed by atoms with Crippen LogP contribution in [0, 0.1) is 13.8 Å². The summed E-state index contributed by atoms with van der Waals surface area (Å²) in [6.45, 7) is 9.42. The van der Waals surface area contributed by atoms with E-state index < -0.39 is 0 Å². The smallest absolute Gasteiger partial charge is 0.144 e. The molecule has 2 rings (SSSR count).